The van der Waals surface area contributed by atoms with Gasteiger partial charge in [0.15, 0.2) is 0 Å². The number of rotatable bonds is 4. The summed E-state index contributed by atoms with van der Waals surface area (Å²) in [7, 11) is -3.75. The maximum Gasteiger partial charge on any atom is 0.242 e. The molecule has 2 aromatic rings. The fourth-order valence-corrected chi connectivity index (χ4v) is 3.17. The fraction of sp³-hybridized carbons (Fsp3) is 0.0714. The molecule has 0 atom stereocenters. The molecule has 6 heteroatoms. The van der Waals surface area contributed by atoms with Crippen LogP contribution < -0.4 is 4.72 Å². The van der Waals surface area contributed by atoms with Crippen LogP contribution >= 0.6 is 11.6 Å². The molecule has 0 aliphatic rings. The molecule has 0 saturated carbocycles. The van der Waals surface area contributed by atoms with E-state index >= 15 is 0 Å². The van der Waals surface area contributed by atoms with Crippen molar-refractivity contribution in [2.75, 3.05) is 0 Å². The van der Waals surface area contributed by atoms with Gasteiger partial charge in [-0.25, -0.2) is 13.1 Å². The van der Waals surface area contributed by atoms with E-state index in [1.54, 1.807) is 0 Å². The van der Waals surface area contributed by atoms with Crippen molar-refractivity contribution in [3.05, 3.63) is 64.7 Å². The lowest BCUT2D eigenvalue weighted by Gasteiger charge is -2.08. The molecule has 102 valence electrons. The average molecular weight is 307 g/mol. The van der Waals surface area contributed by atoms with E-state index in [0.29, 0.717) is 0 Å². The van der Waals surface area contributed by atoms with E-state index in [9.17, 15) is 8.42 Å². The minimum absolute atomic E-state index is 0.0876. The Bertz CT molecular complexity index is 752. The summed E-state index contributed by atoms with van der Waals surface area (Å²) < 4.78 is 26.8. The van der Waals surface area contributed by atoms with Gasteiger partial charge >= 0.3 is 0 Å². The van der Waals surface area contributed by atoms with Crippen molar-refractivity contribution in [3.63, 3.8) is 0 Å². The van der Waals surface area contributed by atoms with E-state index in [2.05, 4.69) is 4.72 Å². The second-order valence-corrected chi connectivity index (χ2v) is 6.21. The van der Waals surface area contributed by atoms with Crippen molar-refractivity contribution in [2.45, 2.75) is 11.4 Å². The molecule has 0 spiro atoms. The maximum absolute atomic E-state index is 12.2. The molecule has 2 rings (SSSR count). The summed E-state index contributed by atoms with van der Waals surface area (Å²) >= 11 is 5.89. The topological polar surface area (TPSA) is 70.0 Å². The molecule has 0 aliphatic carbocycles. The minimum atomic E-state index is -3.75. The number of hydrogen-bond donors (Lipinski definition) is 1. The first kappa shape index (κ1) is 14.5. The lowest BCUT2D eigenvalue weighted by Crippen LogP contribution is -2.23. The number of sulfonamides is 1. The molecule has 0 aromatic heterocycles. The number of nitrogens with one attached hydrogen (secondary N) is 1. The second-order valence-electron chi connectivity index (χ2n) is 4.07. The zero-order valence-corrected chi connectivity index (χ0v) is 11.9. The third-order valence-corrected chi connectivity index (χ3v) is 4.54. The van der Waals surface area contributed by atoms with Crippen molar-refractivity contribution in [1.29, 1.82) is 5.26 Å². The minimum Gasteiger partial charge on any atom is -0.207 e. The van der Waals surface area contributed by atoms with Gasteiger partial charge in [-0.3, -0.25) is 0 Å². The highest BCUT2D eigenvalue weighted by molar-refractivity contribution is 7.89. The molecular weight excluding hydrogens is 296 g/mol. The standard InChI is InChI=1S/C14H11ClN2O2S/c15-13-7-6-12(9-16)8-14(13)20(18,19)17-10-11-4-2-1-3-5-11/h1-8,17H,10H2. The molecule has 0 amide bonds. The molecule has 0 saturated heterocycles. The van der Waals surface area contributed by atoms with Crippen LogP contribution in [0, 0.1) is 11.3 Å². The zero-order chi connectivity index (χ0) is 14.6. The van der Waals surface area contributed by atoms with Gasteiger partial charge in [-0.05, 0) is 23.8 Å². The Morgan fingerprint density at radius 1 is 1.15 bits per heavy atom. The predicted octanol–water partition coefficient (Wildman–Crippen LogP) is 2.69. The summed E-state index contributed by atoms with van der Waals surface area (Å²) in [5.41, 5.74) is 1.08. The number of benzene rings is 2. The first-order chi connectivity index (χ1) is 9.53. The molecule has 0 radical (unpaired) electrons. The van der Waals surface area contributed by atoms with E-state index in [0.717, 1.165) is 5.56 Å². The smallest absolute Gasteiger partial charge is 0.207 e. The predicted molar refractivity (Wildman–Crippen MR) is 76.6 cm³/mol. The van der Waals surface area contributed by atoms with E-state index in [1.165, 1.54) is 18.2 Å². The van der Waals surface area contributed by atoms with E-state index in [1.807, 2.05) is 36.4 Å². The molecule has 0 fully saturated rings. The maximum atomic E-state index is 12.2. The highest BCUT2D eigenvalue weighted by Gasteiger charge is 2.18. The lowest BCUT2D eigenvalue weighted by molar-refractivity contribution is 0.581. The first-order valence-electron chi connectivity index (χ1n) is 5.76. The van der Waals surface area contributed by atoms with Crippen molar-refractivity contribution in [2.24, 2.45) is 0 Å². The quantitative estimate of drug-likeness (QED) is 0.944. The summed E-state index contributed by atoms with van der Waals surface area (Å²) in [6.45, 7) is 0.163. The van der Waals surface area contributed by atoms with Gasteiger partial charge in [-0.15, -0.1) is 0 Å². The van der Waals surface area contributed by atoms with Gasteiger partial charge in [0.1, 0.15) is 4.90 Å². The number of hydrogen-bond acceptors (Lipinski definition) is 3. The highest BCUT2D eigenvalue weighted by atomic mass is 35.5. The van der Waals surface area contributed by atoms with Crippen LogP contribution in [-0.2, 0) is 16.6 Å². The van der Waals surface area contributed by atoms with Crippen molar-refractivity contribution in [1.82, 2.24) is 4.72 Å². The molecular formula is C14H11ClN2O2S. The Labute approximate surface area is 122 Å². The van der Waals surface area contributed by atoms with Crippen LogP contribution in [0.4, 0.5) is 0 Å². The van der Waals surface area contributed by atoms with Crippen LogP contribution in [0.2, 0.25) is 5.02 Å². The van der Waals surface area contributed by atoms with E-state index in [4.69, 9.17) is 16.9 Å². The average Bonchev–Trinajstić information content (AvgIpc) is 2.47. The van der Waals surface area contributed by atoms with Gasteiger partial charge in [0, 0.05) is 6.54 Å². The van der Waals surface area contributed by atoms with Crippen LogP contribution in [0.15, 0.2) is 53.4 Å². The van der Waals surface area contributed by atoms with Gasteiger partial charge in [0.25, 0.3) is 0 Å². The highest BCUT2D eigenvalue weighted by Crippen LogP contribution is 2.22. The third-order valence-electron chi connectivity index (χ3n) is 2.66. The van der Waals surface area contributed by atoms with Gasteiger partial charge < -0.3 is 0 Å². The van der Waals surface area contributed by atoms with Crippen molar-refractivity contribution in [3.8, 4) is 6.07 Å². The Morgan fingerprint density at radius 3 is 2.50 bits per heavy atom. The SMILES string of the molecule is N#Cc1ccc(Cl)c(S(=O)(=O)NCc2ccccc2)c1. The van der Waals surface area contributed by atoms with Crippen LogP contribution in [-0.4, -0.2) is 8.42 Å². The first-order valence-corrected chi connectivity index (χ1v) is 7.62. The summed E-state index contributed by atoms with van der Waals surface area (Å²) in [5.74, 6) is 0. The van der Waals surface area contributed by atoms with Crippen LogP contribution in [0.5, 0.6) is 0 Å². The Balaban J connectivity index is 2.25. The summed E-state index contributed by atoms with van der Waals surface area (Å²) in [6, 6.07) is 15.2. The monoisotopic (exact) mass is 306 g/mol. The van der Waals surface area contributed by atoms with Gasteiger partial charge in [-0.1, -0.05) is 41.9 Å². The molecule has 0 aliphatic heterocycles. The molecule has 1 N–H and O–H groups in total. The Hall–Kier alpha value is -1.87. The van der Waals surface area contributed by atoms with Gasteiger partial charge in [-0.2, -0.15) is 5.26 Å². The normalized spacial score (nSPS) is 11.0. The van der Waals surface area contributed by atoms with E-state index < -0.39 is 10.0 Å². The summed E-state index contributed by atoms with van der Waals surface area (Å²) in [6.07, 6.45) is 0. The largest absolute Gasteiger partial charge is 0.242 e. The molecule has 0 bridgehead atoms. The third kappa shape index (κ3) is 3.36. The van der Waals surface area contributed by atoms with E-state index in [-0.39, 0.29) is 22.0 Å². The van der Waals surface area contributed by atoms with Crippen LogP contribution in [0.25, 0.3) is 0 Å². The number of nitriles is 1. The fourth-order valence-electron chi connectivity index (χ4n) is 1.63. The Morgan fingerprint density at radius 2 is 1.85 bits per heavy atom. The summed E-state index contributed by atoms with van der Waals surface area (Å²) in [4.78, 5) is -0.0888. The molecule has 4 nitrogen and oxygen atoms in total. The summed E-state index contributed by atoms with van der Waals surface area (Å²) in [5, 5.41) is 8.91. The molecule has 0 heterocycles. The molecule has 20 heavy (non-hydrogen) atoms. The van der Waals surface area contributed by atoms with Crippen molar-refractivity contribution >= 4 is 21.6 Å². The Kier molecular flexibility index (Phi) is 4.40. The molecule has 2 aromatic carbocycles. The number of halogens is 1. The molecule has 0 unspecified atom stereocenters. The second kappa shape index (κ2) is 6.06. The lowest BCUT2D eigenvalue weighted by atomic mass is 10.2. The number of nitrogens with zero attached hydrogens (tertiary/aromatic N) is 1. The van der Waals surface area contributed by atoms with Crippen LogP contribution in [0.1, 0.15) is 11.1 Å². The van der Waals surface area contributed by atoms with Crippen LogP contribution in [0.3, 0.4) is 0 Å². The van der Waals surface area contributed by atoms with Gasteiger partial charge in [0.2, 0.25) is 10.0 Å². The van der Waals surface area contributed by atoms with Crippen molar-refractivity contribution < 1.29 is 8.42 Å². The zero-order valence-electron chi connectivity index (χ0n) is 10.4. The van der Waals surface area contributed by atoms with Gasteiger partial charge in [0.05, 0.1) is 16.7 Å².